The Bertz CT molecular complexity index is 14.4. The Morgan fingerprint density at radius 2 is 2.20 bits per heavy atom. The van der Waals surface area contributed by atoms with E-state index >= 15 is 0 Å². The molecule has 0 saturated carbocycles. The number of hydrogen-bond donors (Lipinski definition) is 0. The monoisotopic (exact) mass is 180 g/mol. The fourth-order valence-corrected chi connectivity index (χ4v) is 0.518. The van der Waals surface area contributed by atoms with Crippen LogP contribution in [-0.4, -0.2) is 12.3 Å². The molecule has 0 amide bonds. The molecule has 0 aromatic rings. The van der Waals surface area contributed by atoms with Crippen molar-refractivity contribution in [3.05, 3.63) is 0 Å². The van der Waals surface area contributed by atoms with Gasteiger partial charge in [-0.3, -0.25) is 0 Å². The predicted octanol–water partition coefficient (Wildman–Crippen LogP) is 1.40. The third-order valence-corrected chi connectivity index (χ3v) is 1.10. The van der Waals surface area contributed by atoms with Crippen LogP contribution in [0.25, 0.3) is 0 Å². The molecular formula is C3H6BI. The minimum Gasteiger partial charge on any atom is -0.0880 e. The maximum absolute atomic E-state index is 5.13. The largest absolute Gasteiger partial charge is 0.0880 e. The molecule has 2 heteroatoms. The number of rotatable bonds is 2. The minimum absolute atomic E-state index is 0.836. The standard InChI is InChI=1S/C3H6BI/c4-2-1-3-5/h1-3H2. The van der Waals surface area contributed by atoms with Gasteiger partial charge < -0.3 is 0 Å². The molecule has 2 radical (unpaired) electrons. The van der Waals surface area contributed by atoms with Crippen molar-refractivity contribution < 1.29 is 0 Å². The molecule has 5 heavy (non-hydrogen) atoms. The first kappa shape index (κ1) is 5.79. The molecule has 0 saturated heterocycles. The Balaban J connectivity index is 2.19. The second-order valence-corrected chi connectivity index (χ2v) is 1.91. The summed E-state index contributed by atoms with van der Waals surface area (Å²) in [6, 6.07) is 0. The zero-order chi connectivity index (χ0) is 4.12. The molecule has 0 atom stereocenters. The molecule has 0 unspecified atom stereocenters. The van der Waals surface area contributed by atoms with Crippen LogP contribution in [0.5, 0.6) is 0 Å². The third-order valence-electron chi connectivity index (χ3n) is 0.338. The van der Waals surface area contributed by atoms with Gasteiger partial charge in [0.15, 0.2) is 0 Å². The van der Waals surface area contributed by atoms with Gasteiger partial charge in [-0.1, -0.05) is 35.3 Å². The highest BCUT2D eigenvalue weighted by atomic mass is 127. The van der Waals surface area contributed by atoms with Crippen LogP contribution in [0.2, 0.25) is 6.32 Å². The summed E-state index contributed by atoms with van der Waals surface area (Å²) in [7, 11) is 5.13. The summed E-state index contributed by atoms with van der Waals surface area (Å²) in [4.78, 5) is 0. The first-order chi connectivity index (χ1) is 2.41. The van der Waals surface area contributed by atoms with Crippen molar-refractivity contribution >= 4 is 30.4 Å². The highest BCUT2D eigenvalue weighted by Crippen LogP contribution is 1.88. The van der Waals surface area contributed by atoms with Gasteiger partial charge in [0.2, 0.25) is 0 Å². The second kappa shape index (κ2) is 4.79. The van der Waals surface area contributed by atoms with E-state index in [-0.39, 0.29) is 0 Å². The van der Waals surface area contributed by atoms with E-state index in [1.807, 2.05) is 0 Å². The van der Waals surface area contributed by atoms with E-state index in [1.165, 1.54) is 4.43 Å². The Morgan fingerprint density at radius 3 is 2.20 bits per heavy atom. The van der Waals surface area contributed by atoms with Crippen LogP contribution < -0.4 is 0 Å². The van der Waals surface area contributed by atoms with Gasteiger partial charge in [-0.15, -0.1) is 0 Å². The maximum atomic E-state index is 5.13. The number of alkyl halides is 1. The van der Waals surface area contributed by atoms with Crippen LogP contribution in [0, 0.1) is 0 Å². The Morgan fingerprint density at radius 1 is 1.60 bits per heavy atom. The van der Waals surface area contributed by atoms with E-state index in [4.69, 9.17) is 7.85 Å². The molecule has 0 heterocycles. The molecule has 28 valence electrons. The average Bonchev–Trinajstić information content (AvgIpc) is 1.41. The van der Waals surface area contributed by atoms with Crippen LogP contribution in [0.15, 0.2) is 0 Å². The van der Waals surface area contributed by atoms with Crippen LogP contribution in [-0.2, 0) is 0 Å². The van der Waals surface area contributed by atoms with Gasteiger partial charge in [0.1, 0.15) is 0 Å². The van der Waals surface area contributed by atoms with Gasteiger partial charge in [-0.2, -0.15) is 0 Å². The predicted molar refractivity (Wildman–Crippen MR) is 34.1 cm³/mol. The number of hydrogen-bond acceptors (Lipinski definition) is 0. The van der Waals surface area contributed by atoms with E-state index in [0.29, 0.717) is 0 Å². The smallest absolute Gasteiger partial charge is 0.0653 e. The summed E-state index contributed by atoms with van der Waals surface area (Å²) >= 11 is 2.31. The molecule has 0 spiro atoms. The lowest BCUT2D eigenvalue weighted by Crippen LogP contribution is -1.67. The SMILES string of the molecule is [B]CCCI. The summed E-state index contributed by atoms with van der Waals surface area (Å²) in [5.74, 6) is 0. The third kappa shape index (κ3) is 4.79. The van der Waals surface area contributed by atoms with Gasteiger partial charge in [-0.05, 0) is 4.43 Å². The van der Waals surface area contributed by atoms with Gasteiger partial charge in [0, 0.05) is 0 Å². The minimum atomic E-state index is 0.836. The van der Waals surface area contributed by atoms with E-state index in [0.717, 1.165) is 12.7 Å². The van der Waals surface area contributed by atoms with Crippen LogP contribution in [0.3, 0.4) is 0 Å². The van der Waals surface area contributed by atoms with E-state index in [1.54, 1.807) is 0 Å². The van der Waals surface area contributed by atoms with Gasteiger partial charge in [0.05, 0.1) is 7.85 Å². The highest BCUT2D eigenvalue weighted by molar-refractivity contribution is 14.1. The zero-order valence-electron chi connectivity index (χ0n) is 3.08. The fourth-order valence-electron chi connectivity index (χ4n) is 0.0772. The van der Waals surface area contributed by atoms with Crippen molar-refractivity contribution in [1.82, 2.24) is 0 Å². The summed E-state index contributed by atoms with van der Waals surface area (Å²) in [6.45, 7) is 0. The first-order valence-electron chi connectivity index (χ1n) is 1.68. The summed E-state index contributed by atoms with van der Waals surface area (Å²) in [5.41, 5.74) is 0. The number of halogens is 1. The van der Waals surface area contributed by atoms with E-state index in [2.05, 4.69) is 22.6 Å². The van der Waals surface area contributed by atoms with E-state index in [9.17, 15) is 0 Å². The topological polar surface area (TPSA) is 0 Å². The van der Waals surface area contributed by atoms with Gasteiger partial charge >= 0.3 is 0 Å². The average molecular weight is 180 g/mol. The Hall–Kier alpha value is 0.795. The zero-order valence-corrected chi connectivity index (χ0v) is 5.23. The lowest BCUT2D eigenvalue weighted by molar-refractivity contribution is 1.12. The first-order valence-corrected chi connectivity index (χ1v) is 3.20. The summed E-state index contributed by atoms with van der Waals surface area (Å²) in [6.07, 6.45) is 1.99. The van der Waals surface area contributed by atoms with Crippen molar-refractivity contribution in [2.45, 2.75) is 12.7 Å². The molecule has 0 aromatic carbocycles. The maximum Gasteiger partial charge on any atom is 0.0653 e. The molecule has 0 aliphatic heterocycles. The highest BCUT2D eigenvalue weighted by Gasteiger charge is 1.69. The normalized spacial score (nSPS) is 8.20. The molecule has 0 N–H and O–H groups in total. The van der Waals surface area contributed by atoms with Crippen molar-refractivity contribution in [3.63, 3.8) is 0 Å². The summed E-state index contributed by atoms with van der Waals surface area (Å²) < 4.78 is 1.19. The van der Waals surface area contributed by atoms with Crippen LogP contribution >= 0.6 is 22.6 Å². The molecular weight excluding hydrogens is 174 g/mol. The van der Waals surface area contributed by atoms with Crippen molar-refractivity contribution in [1.29, 1.82) is 0 Å². The molecule has 0 rings (SSSR count). The molecule has 0 aromatic heterocycles. The summed E-state index contributed by atoms with van der Waals surface area (Å²) in [5, 5.41) is 0. The van der Waals surface area contributed by atoms with Gasteiger partial charge in [0.25, 0.3) is 0 Å². The lowest BCUT2D eigenvalue weighted by atomic mass is 10.0. The Kier molecular flexibility index (Phi) is 5.56. The molecule has 0 aliphatic carbocycles. The van der Waals surface area contributed by atoms with Crippen molar-refractivity contribution in [2.75, 3.05) is 4.43 Å². The molecule has 0 aliphatic rings. The molecule has 0 fully saturated rings. The quantitative estimate of drug-likeness (QED) is 0.342. The van der Waals surface area contributed by atoms with E-state index < -0.39 is 0 Å². The Labute approximate surface area is 47.9 Å². The lowest BCUT2D eigenvalue weighted by Gasteiger charge is -1.77. The van der Waals surface area contributed by atoms with Crippen LogP contribution in [0.1, 0.15) is 6.42 Å². The molecule has 0 nitrogen and oxygen atoms in total. The van der Waals surface area contributed by atoms with Crippen molar-refractivity contribution in [3.8, 4) is 0 Å². The molecule has 0 bridgehead atoms. The second-order valence-electron chi connectivity index (χ2n) is 0.831. The van der Waals surface area contributed by atoms with Crippen molar-refractivity contribution in [2.24, 2.45) is 0 Å². The fraction of sp³-hybridized carbons (Fsp3) is 1.00. The van der Waals surface area contributed by atoms with Crippen LogP contribution in [0.4, 0.5) is 0 Å². The van der Waals surface area contributed by atoms with Gasteiger partial charge in [-0.25, -0.2) is 0 Å².